The number of rotatable bonds is 4. The van der Waals surface area contributed by atoms with Crippen molar-refractivity contribution in [2.45, 2.75) is 13.0 Å². The Labute approximate surface area is 98.3 Å². The largest absolute Gasteiger partial charge is 0.469 e. The Morgan fingerprint density at radius 3 is 2.65 bits per heavy atom. The van der Waals surface area contributed by atoms with Crippen molar-refractivity contribution in [3.05, 3.63) is 59.8 Å². The smallest absolute Gasteiger partial charge is 0.227 e. The second kappa shape index (κ2) is 5.30. The number of carbonyl (C=O) groups is 1. The molecule has 0 unspecified atom stereocenters. The topological polar surface area (TPSA) is 42.2 Å². The lowest BCUT2D eigenvalue weighted by Gasteiger charge is -2.04. The van der Waals surface area contributed by atoms with Crippen LogP contribution in [-0.2, 0) is 17.8 Å². The molecule has 88 valence electrons. The van der Waals surface area contributed by atoms with Crippen LogP contribution in [0.5, 0.6) is 0 Å². The van der Waals surface area contributed by atoms with Crippen LogP contribution in [0.25, 0.3) is 0 Å². The van der Waals surface area contributed by atoms with Gasteiger partial charge in [0.2, 0.25) is 5.91 Å². The molecule has 1 amide bonds. The number of hydrogen-bond donors (Lipinski definition) is 1. The van der Waals surface area contributed by atoms with Crippen LogP contribution in [0.2, 0.25) is 0 Å². The fourth-order valence-electron chi connectivity index (χ4n) is 1.44. The molecule has 0 saturated heterocycles. The van der Waals surface area contributed by atoms with Crippen molar-refractivity contribution in [2.24, 2.45) is 0 Å². The molecule has 0 fully saturated rings. The molecule has 0 atom stereocenters. The third kappa shape index (κ3) is 3.45. The van der Waals surface area contributed by atoms with E-state index in [1.54, 1.807) is 24.3 Å². The van der Waals surface area contributed by atoms with Crippen LogP contribution in [0.15, 0.2) is 47.1 Å². The van der Waals surface area contributed by atoms with Gasteiger partial charge in [-0.25, -0.2) is 4.39 Å². The van der Waals surface area contributed by atoms with Crippen molar-refractivity contribution in [3.63, 3.8) is 0 Å². The second-order valence-electron chi connectivity index (χ2n) is 3.66. The van der Waals surface area contributed by atoms with Gasteiger partial charge in [-0.05, 0) is 29.8 Å². The highest BCUT2D eigenvalue weighted by Crippen LogP contribution is 2.03. The fourth-order valence-corrected chi connectivity index (χ4v) is 1.44. The van der Waals surface area contributed by atoms with Crippen LogP contribution in [0.3, 0.4) is 0 Å². The molecule has 3 nitrogen and oxygen atoms in total. The molecule has 0 aliphatic carbocycles. The van der Waals surface area contributed by atoms with Gasteiger partial charge in [-0.15, -0.1) is 0 Å². The van der Waals surface area contributed by atoms with Gasteiger partial charge in [0.1, 0.15) is 11.6 Å². The third-order valence-corrected chi connectivity index (χ3v) is 2.32. The van der Waals surface area contributed by atoms with E-state index in [0.29, 0.717) is 12.3 Å². The van der Waals surface area contributed by atoms with Crippen LogP contribution in [-0.4, -0.2) is 5.91 Å². The van der Waals surface area contributed by atoms with Crippen LogP contribution >= 0.6 is 0 Å². The first-order valence-corrected chi connectivity index (χ1v) is 5.27. The molecule has 1 N–H and O–H groups in total. The van der Waals surface area contributed by atoms with Gasteiger partial charge in [0.05, 0.1) is 12.7 Å². The summed E-state index contributed by atoms with van der Waals surface area (Å²) in [5.74, 6) is 0.224. The lowest BCUT2D eigenvalue weighted by molar-refractivity contribution is -0.120. The maximum Gasteiger partial charge on any atom is 0.227 e. The van der Waals surface area contributed by atoms with E-state index in [1.165, 1.54) is 18.4 Å². The molecule has 0 aliphatic rings. The lowest BCUT2D eigenvalue weighted by Crippen LogP contribution is -2.24. The van der Waals surface area contributed by atoms with Crippen LogP contribution in [0.4, 0.5) is 4.39 Å². The first-order chi connectivity index (χ1) is 8.24. The summed E-state index contributed by atoms with van der Waals surface area (Å²) >= 11 is 0. The predicted molar refractivity (Wildman–Crippen MR) is 60.7 cm³/mol. The normalized spacial score (nSPS) is 10.2. The van der Waals surface area contributed by atoms with Crippen molar-refractivity contribution >= 4 is 5.91 Å². The highest BCUT2D eigenvalue weighted by molar-refractivity contribution is 5.77. The van der Waals surface area contributed by atoms with Gasteiger partial charge in [-0.2, -0.15) is 0 Å². The van der Waals surface area contributed by atoms with Crippen molar-refractivity contribution in [3.8, 4) is 0 Å². The van der Waals surface area contributed by atoms with E-state index in [4.69, 9.17) is 4.42 Å². The Kier molecular flexibility index (Phi) is 3.55. The average Bonchev–Trinajstić information content (AvgIpc) is 2.81. The molecular weight excluding hydrogens is 221 g/mol. The molecule has 0 radical (unpaired) electrons. The Balaban J connectivity index is 1.82. The number of carbonyl (C=O) groups excluding carboxylic acids is 1. The SMILES string of the molecule is O=C(Cc1ccco1)NCc1ccc(F)cc1. The maximum atomic E-state index is 12.6. The molecule has 2 rings (SSSR count). The minimum atomic E-state index is -0.282. The van der Waals surface area contributed by atoms with Crippen LogP contribution < -0.4 is 5.32 Å². The van der Waals surface area contributed by atoms with Gasteiger partial charge >= 0.3 is 0 Å². The molecule has 4 heteroatoms. The number of benzene rings is 1. The van der Waals surface area contributed by atoms with E-state index in [0.717, 1.165) is 5.56 Å². The van der Waals surface area contributed by atoms with E-state index < -0.39 is 0 Å². The van der Waals surface area contributed by atoms with Crippen LogP contribution in [0, 0.1) is 5.82 Å². The van der Waals surface area contributed by atoms with Crippen LogP contribution in [0.1, 0.15) is 11.3 Å². The number of amides is 1. The average molecular weight is 233 g/mol. The van der Waals surface area contributed by atoms with Gasteiger partial charge in [0, 0.05) is 6.54 Å². The van der Waals surface area contributed by atoms with Crippen molar-refractivity contribution in [1.82, 2.24) is 5.32 Å². The van der Waals surface area contributed by atoms with E-state index in [9.17, 15) is 9.18 Å². The standard InChI is InChI=1S/C13H12FNO2/c14-11-5-3-10(4-6-11)9-15-13(16)8-12-2-1-7-17-12/h1-7H,8-9H2,(H,15,16). The third-order valence-electron chi connectivity index (χ3n) is 2.32. The summed E-state index contributed by atoms with van der Waals surface area (Å²) < 4.78 is 17.7. The van der Waals surface area contributed by atoms with Gasteiger partial charge in [-0.3, -0.25) is 4.79 Å². The highest BCUT2D eigenvalue weighted by atomic mass is 19.1. The molecule has 0 spiro atoms. The molecule has 1 aromatic heterocycles. The predicted octanol–water partition coefficient (Wildman–Crippen LogP) is 2.28. The van der Waals surface area contributed by atoms with Gasteiger partial charge in [0.25, 0.3) is 0 Å². The zero-order valence-corrected chi connectivity index (χ0v) is 9.15. The monoisotopic (exact) mass is 233 g/mol. The number of hydrogen-bond acceptors (Lipinski definition) is 2. The summed E-state index contributed by atoms with van der Waals surface area (Å²) in [6.45, 7) is 0.389. The quantitative estimate of drug-likeness (QED) is 0.880. The second-order valence-corrected chi connectivity index (χ2v) is 3.66. The first-order valence-electron chi connectivity index (χ1n) is 5.27. The van der Waals surface area contributed by atoms with E-state index in [2.05, 4.69) is 5.32 Å². The Morgan fingerprint density at radius 1 is 1.24 bits per heavy atom. The summed E-state index contributed by atoms with van der Waals surface area (Å²) in [6.07, 6.45) is 1.75. The molecule has 0 aliphatic heterocycles. The molecular formula is C13H12FNO2. The van der Waals surface area contributed by atoms with E-state index in [1.807, 2.05) is 0 Å². The number of halogens is 1. The molecule has 2 aromatic rings. The summed E-state index contributed by atoms with van der Waals surface area (Å²) in [6, 6.07) is 9.51. The maximum absolute atomic E-state index is 12.6. The van der Waals surface area contributed by atoms with E-state index in [-0.39, 0.29) is 18.1 Å². The van der Waals surface area contributed by atoms with Crippen molar-refractivity contribution in [1.29, 1.82) is 0 Å². The summed E-state index contributed by atoms with van der Waals surface area (Å²) in [4.78, 5) is 11.5. The molecule has 1 heterocycles. The highest BCUT2D eigenvalue weighted by Gasteiger charge is 2.05. The molecule has 1 aromatic carbocycles. The number of nitrogens with one attached hydrogen (secondary N) is 1. The Morgan fingerprint density at radius 2 is 2.00 bits per heavy atom. The van der Waals surface area contributed by atoms with Crippen molar-refractivity contribution in [2.75, 3.05) is 0 Å². The Hall–Kier alpha value is -2.10. The lowest BCUT2D eigenvalue weighted by atomic mass is 10.2. The summed E-state index contributed by atoms with van der Waals surface area (Å²) in [5.41, 5.74) is 0.860. The van der Waals surface area contributed by atoms with E-state index >= 15 is 0 Å². The summed E-state index contributed by atoms with van der Waals surface area (Å²) in [5, 5.41) is 2.74. The zero-order chi connectivity index (χ0) is 12.1. The molecule has 17 heavy (non-hydrogen) atoms. The fraction of sp³-hybridized carbons (Fsp3) is 0.154. The zero-order valence-electron chi connectivity index (χ0n) is 9.15. The van der Waals surface area contributed by atoms with Gasteiger partial charge < -0.3 is 9.73 Å². The number of furan rings is 1. The summed E-state index contributed by atoms with van der Waals surface area (Å²) in [7, 11) is 0. The minimum Gasteiger partial charge on any atom is -0.469 e. The minimum absolute atomic E-state index is 0.121. The van der Waals surface area contributed by atoms with Gasteiger partial charge in [0.15, 0.2) is 0 Å². The van der Waals surface area contributed by atoms with Crippen molar-refractivity contribution < 1.29 is 13.6 Å². The molecule has 0 saturated carbocycles. The molecule has 0 bridgehead atoms. The first kappa shape index (κ1) is 11.4. The van der Waals surface area contributed by atoms with Gasteiger partial charge in [-0.1, -0.05) is 12.1 Å². The Bertz CT molecular complexity index is 477.